The molecule has 3 rings (SSSR count). The van der Waals surface area contributed by atoms with Gasteiger partial charge in [-0.25, -0.2) is 0 Å². The maximum absolute atomic E-state index is 10.5. The minimum Gasteiger partial charge on any atom is -0.384 e. The van der Waals surface area contributed by atoms with Crippen LogP contribution in [0, 0.1) is 6.92 Å². The Hall–Kier alpha value is -1.67. The second-order valence-corrected chi connectivity index (χ2v) is 4.64. The van der Waals surface area contributed by atoms with Crippen LogP contribution in [0.3, 0.4) is 0 Å². The molecule has 1 heterocycles. The van der Waals surface area contributed by atoms with Gasteiger partial charge in [-0.15, -0.1) is 0 Å². The van der Waals surface area contributed by atoms with Gasteiger partial charge < -0.3 is 5.11 Å². The summed E-state index contributed by atoms with van der Waals surface area (Å²) in [5.74, 6) is 0. The molecule has 0 amide bonds. The molecule has 1 aromatic heterocycles. The van der Waals surface area contributed by atoms with Gasteiger partial charge >= 0.3 is 0 Å². The van der Waals surface area contributed by atoms with Gasteiger partial charge in [0.05, 0.1) is 0 Å². The lowest BCUT2D eigenvalue weighted by Crippen LogP contribution is -2.03. The summed E-state index contributed by atoms with van der Waals surface area (Å²) in [7, 11) is 0. The van der Waals surface area contributed by atoms with Crippen molar-refractivity contribution in [3.05, 3.63) is 64.5 Å². The first-order chi connectivity index (χ1) is 8.25. The summed E-state index contributed by atoms with van der Waals surface area (Å²) in [6.07, 6.45) is 3.13. The molecule has 1 aromatic carbocycles. The van der Waals surface area contributed by atoms with Gasteiger partial charge in [0.1, 0.15) is 6.10 Å². The largest absolute Gasteiger partial charge is 0.384 e. The van der Waals surface area contributed by atoms with E-state index in [1.165, 1.54) is 11.1 Å². The Morgan fingerprint density at radius 2 is 2.06 bits per heavy atom. The molecule has 1 aliphatic carbocycles. The zero-order chi connectivity index (χ0) is 11.8. The number of aliphatic hydroxyl groups excluding tert-OH is 1. The second kappa shape index (κ2) is 3.97. The van der Waals surface area contributed by atoms with E-state index in [2.05, 4.69) is 30.1 Å². The first-order valence-electron chi connectivity index (χ1n) is 5.97. The summed E-state index contributed by atoms with van der Waals surface area (Å²) in [5.41, 5.74) is 5.44. The SMILES string of the molecule is Cc1ccc2c(c1)C(O)c1cccnc1CC2. The fraction of sp³-hybridized carbons (Fsp3) is 0.267. The molecular weight excluding hydrogens is 210 g/mol. The lowest BCUT2D eigenvalue weighted by Gasteiger charge is -2.14. The molecule has 0 saturated heterocycles. The van der Waals surface area contributed by atoms with Gasteiger partial charge in [0.15, 0.2) is 0 Å². The summed E-state index contributed by atoms with van der Waals surface area (Å²) in [6, 6.07) is 10.2. The highest BCUT2D eigenvalue weighted by Crippen LogP contribution is 2.31. The maximum Gasteiger partial charge on any atom is 0.106 e. The molecule has 0 aliphatic heterocycles. The van der Waals surface area contributed by atoms with Crippen LogP contribution in [0.15, 0.2) is 36.5 Å². The first-order valence-corrected chi connectivity index (χ1v) is 5.97. The van der Waals surface area contributed by atoms with E-state index in [0.29, 0.717) is 0 Å². The van der Waals surface area contributed by atoms with Crippen LogP contribution >= 0.6 is 0 Å². The van der Waals surface area contributed by atoms with E-state index in [1.54, 1.807) is 6.20 Å². The van der Waals surface area contributed by atoms with E-state index >= 15 is 0 Å². The van der Waals surface area contributed by atoms with Crippen molar-refractivity contribution in [3.8, 4) is 0 Å². The van der Waals surface area contributed by atoms with Crippen molar-refractivity contribution in [2.75, 3.05) is 0 Å². The molecule has 2 nitrogen and oxygen atoms in total. The Balaban J connectivity index is 2.18. The Morgan fingerprint density at radius 3 is 2.94 bits per heavy atom. The number of benzene rings is 1. The van der Waals surface area contributed by atoms with Gasteiger partial charge in [0, 0.05) is 17.5 Å². The number of aryl methyl sites for hydroxylation is 3. The molecule has 0 fully saturated rings. The lowest BCUT2D eigenvalue weighted by atomic mass is 9.97. The predicted octanol–water partition coefficient (Wildman–Crippen LogP) is 2.57. The van der Waals surface area contributed by atoms with Crippen molar-refractivity contribution in [1.82, 2.24) is 4.98 Å². The summed E-state index contributed by atoms with van der Waals surface area (Å²) < 4.78 is 0. The summed E-state index contributed by atoms with van der Waals surface area (Å²) in [6.45, 7) is 2.06. The summed E-state index contributed by atoms with van der Waals surface area (Å²) in [4.78, 5) is 4.38. The van der Waals surface area contributed by atoms with E-state index < -0.39 is 6.10 Å². The molecule has 2 heteroatoms. The predicted molar refractivity (Wildman–Crippen MR) is 66.9 cm³/mol. The summed E-state index contributed by atoms with van der Waals surface area (Å²) >= 11 is 0. The molecule has 0 radical (unpaired) electrons. The number of aliphatic hydroxyl groups is 1. The van der Waals surface area contributed by atoms with Crippen molar-refractivity contribution < 1.29 is 5.11 Å². The van der Waals surface area contributed by atoms with Crippen LogP contribution in [0.5, 0.6) is 0 Å². The fourth-order valence-electron chi connectivity index (χ4n) is 2.53. The third-order valence-corrected chi connectivity index (χ3v) is 3.45. The second-order valence-electron chi connectivity index (χ2n) is 4.64. The van der Waals surface area contributed by atoms with Gasteiger partial charge in [-0.3, -0.25) is 4.98 Å². The van der Waals surface area contributed by atoms with Crippen molar-refractivity contribution in [1.29, 1.82) is 0 Å². The molecule has 0 bridgehead atoms. The number of rotatable bonds is 0. The standard InChI is InChI=1S/C15H15NO/c1-10-4-5-11-6-7-14-12(3-2-8-16-14)15(17)13(11)9-10/h2-5,8-9,15,17H,6-7H2,1H3. The maximum atomic E-state index is 10.5. The number of hydrogen-bond donors (Lipinski definition) is 1. The van der Waals surface area contributed by atoms with E-state index in [-0.39, 0.29) is 0 Å². The Morgan fingerprint density at radius 1 is 1.18 bits per heavy atom. The molecule has 17 heavy (non-hydrogen) atoms. The number of fused-ring (bicyclic) bond motifs is 2. The van der Waals surface area contributed by atoms with Gasteiger partial charge in [0.2, 0.25) is 0 Å². The molecule has 1 N–H and O–H groups in total. The van der Waals surface area contributed by atoms with E-state index in [1.807, 2.05) is 12.1 Å². The van der Waals surface area contributed by atoms with E-state index in [4.69, 9.17) is 0 Å². The van der Waals surface area contributed by atoms with Crippen molar-refractivity contribution in [3.63, 3.8) is 0 Å². The van der Waals surface area contributed by atoms with E-state index in [9.17, 15) is 5.11 Å². The first kappa shape index (κ1) is 10.5. The monoisotopic (exact) mass is 225 g/mol. The molecule has 86 valence electrons. The average molecular weight is 225 g/mol. The smallest absolute Gasteiger partial charge is 0.106 e. The molecule has 2 aromatic rings. The van der Waals surface area contributed by atoms with E-state index in [0.717, 1.165) is 29.7 Å². The molecule has 1 atom stereocenters. The highest BCUT2D eigenvalue weighted by atomic mass is 16.3. The van der Waals surface area contributed by atoms with Crippen LogP contribution in [0.25, 0.3) is 0 Å². The number of pyridine rings is 1. The highest BCUT2D eigenvalue weighted by Gasteiger charge is 2.21. The molecular formula is C15H15NO. The van der Waals surface area contributed by atoms with Crippen molar-refractivity contribution >= 4 is 0 Å². The van der Waals surface area contributed by atoms with Crippen LogP contribution in [-0.2, 0) is 12.8 Å². The Kier molecular flexibility index (Phi) is 2.45. The lowest BCUT2D eigenvalue weighted by molar-refractivity contribution is 0.219. The fourth-order valence-corrected chi connectivity index (χ4v) is 2.53. The summed E-state index contributed by atoms with van der Waals surface area (Å²) in [5, 5.41) is 10.5. The zero-order valence-corrected chi connectivity index (χ0v) is 9.85. The van der Waals surface area contributed by atoms with Crippen LogP contribution in [0.1, 0.15) is 34.1 Å². The van der Waals surface area contributed by atoms with Crippen LogP contribution in [0.4, 0.5) is 0 Å². The quantitative estimate of drug-likeness (QED) is 0.747. The Bertz CT molecular complexity index is 563. The average Bonchev–Trinajstić information content (AvgIpc) is 2.49. The van der Waals surface area contributed by atoms with Crippen molar-refractivity contribution in [2.24, 2.45) is 0 Å². The highest BCUT2D eigenvalue weighted by molar-refractivity contribution is 5.42. The zero-order valence-electron chi connectivity index (χ0n) is 9.85. The minimum atomic E-state index is -0.531. The Labute approximate surface area is 101 Å². The molecule has 0 spiro atoms. The topological polar surface area (TPSA) is 33.1 Å². The normalized spacial score (nSPS) is 18.1. The minimum absolute atomic E-state index is 0.531. The number of hydrogen-bond acceptors (Lipinski definition) is 2. The van der Waals surface area contributed by atoms with Crippen LogP contribution in [0.2, 0.25) is 0 Å². The third kappa shape index (κ3) is 1.75. The van der Waals surface area contributed by atoms with Crippen LogP contribution in [-0.4, -0.2) is 10.1 Å². The number of nitrogens with zero attached hydrogens (tertiary/aromatic N) is 1. The van der Waals surface area contributed by atoms with Crippen LogP contribution < -0.4 is 0 Å². The van der Waals surface area contributed by atoms with Gasteiger partial charge in [0.25, 0.3) is 0 Å². The molecule has 1 aliphatic rings. The molecule has 0 saturated carbocycles. The number of aromatic nitrogens is 1. The van der Waals surface area contributed by atoms with Crippen molar-refractivity contribution in [2.45, 2.75) is 25.9 Å². The molecule has 1 unspecified atom stereocenters. The van der Waals surface area contributed by atoms with Gasteiger partial charge in [-0.1, -0.05) is 29.8 Å². The van der Waals surface area contributed by atoms with Gasteiger partial charge in [-0.05, 0) is 37.0 Å². The third-order valence-electron chi connectivity index (χ3n) is 3.45. The van der Waals surface area contributed by atoms with Gasteiger partial charge in [-0.2, -0.15) is 0 Å².